The summed E-state index contributed by atoms with van der Waals surface area (Å²) in [5, 5.41) is 2.67. The summed E-state index contributed by atoms with van der Waals surface area (Å²) in [5.41, 5.74) is 2.05. The summed E-state index contributed by atoms with van der Waals surface area (Å²) in [6.45, 7) is 0. The summed E-state index contributed by atoms with van der Waals surface area (Å²) in [7, 11) is 0. The van der Waals surface area contributed by atoms with Crippen molar-refractivity contribution in [1.29, 1.82) is 0 Å². The van der Waals surface area contributed by atoms with E-state index in [4.69, 9.17) is 0 Å². The van der Waals surface area contributed by atoms with Crippen LogP contribution in [0.15, 0.2) is 78.9 Å². The topological polar surface area (TPSA) is 66.5 Å². The predicted octanol–water partition coefficient (Wildman–Crippen LogP) is 4.28. The first-order valence-electron chi connectivity index (χ1n) is 8.85. The van der Waals surface area contributed by atoms with Crippen molar-refractivity contribution in [3.63, 3.8) is 0 Å². The van der Waals surface area contributed by atoms with Crippen LogP contribution in [0.25, 0.3) is 6.08 Å². The Morgan fingerprint density at radius 3 is 2.24 bits per heavy atom. The highest BCUT2D eigenvalue weighted by Gasteiger charge is 2.36. The van der Waals surface area contributed by atoms with E-state index in [0.717, 1.165) is 4.90 Å². The van der Waals surface area contributed by atoms with Gasteiger partial charge in [0, 0.05) is 11.8 Å². The third-order valence-electron chi connectivity index (χ3n) is 4.44. The molecule has 1 N–H and O–H groups in total. The number of imide groups is 1. The average molecular weight is 386 g/mol. The van der Waals surface area contributed by atoms with E-state index < -0.39 is 17.7 Å². The maximum absolute atomic E-state index is 13.2. The van der Waals surface area contributed by atoms with Crippen LogP contribution in [0.2, 0.25) is 0 Å². The molecule has 0 fully saturated rings. The fourth-order valence-corrected chi connectivity index (χ4v) is 3.11. The normalized spacial score (nSPS) is 13.1. The molecule has 0 aliphatic carbocycles. The second kappa shape index (κ2) is 7.52. The number of amides is 3. The number of carbonyl (C=O) groups excluding carboxylic acids is 3. The second-order valence-electron chi connectivity index (χ2n) is 6.42. The minimum Gasteiger partial charge on any atom is -0.322 e. The monoisotopic (exact) mass is 386 g/mol. The molecule has 3 aromatic carbocycles. The number of benzene rings is 3. The Morgan fingerprint density at radius 1 is 0.862 bits per heavy atom. The van der Waals surface area contributed by atoms with Crippen LogP contribution in [-0.2, 0) is 4.79 Å². The first-order chi connectivity index (χ1) is 14.0. The van der Waals surface area contributed by atoms with Gasteiger partial charge in [-0.15, -0.1) is 0 Å². The summed E-state index contributed by atoms with van der Waals surface area (Å²) < 4.78 is 13.2. The lowest BCUT2D eigenvalue weighted by Gasteiger charge is -2.15. The van der Waals surface area contributed by atoms with Crippen LogP contribution in [-0.4, -0.2) is 17.7 Å². The number of hydrogen-bond acceptors (Lipinski definition) is 3. The van der Waals surface area contributed by atoms with Crippen LogP contribution in [0.3, 0.4) is 0 Å². The van der Waals surface area contributed by atoms with Gasteiger partial charge in [-0.1, -0.05) is 30.3 Å². The zero-order valence-electron chi connectivity index (χ0n) is 15.1. The SMILES string of the molecule is O=C(/C=C/c1cccc(F)c1)Nc1cccc(N2C(=O)c3ccccc3C2=O)c1. The van der Waals surface area contributed by atoms with Crippen LogP contribution in [0.1, 0.15) is 26.3 Å². The first-order valence-corrected chi connectivity index (χ1v) is 8.85. The quantitative estimate of drug-likeness (QED) is 0.538. The highest BCUT2D eigenvalue weighted by atomic mass is 19.1. The molecular formula is C23H15FN2O3. The molecule has 5 nitrogen and oxygen atoms in total. The first kappa shape index (κ1) is 18.3. The smallest absolute Gasteiger partial charge is 0.266 e. The van der Waals surface area contributed by atoms with Gasteiger partial charge in [-0.3, -0.25) is 14.4 Å². The molecule has 3 aromatic rings. The summed E-state index contributed by atoms with van der Waals surface area (Å²) >= 11 is 0. The molecule has 1 aliphatic rings. The van der Waals surface area contributed by atoms with Gasteiger partial charge in [0.1, 0.15) is 5.82 Å². The van der Waals surface area contributed by atoms with E-state index >= 15 is 0 Å². The average Bonchev–Trinajstić information content (AvgIpc) is 2.97. The van der Waals surface area contributed by atoms with Crippen molar-refractivity contribution < 1.29 is 18.8 Å². The largest absolute Gasteiger partial charge is 0.322 e. The fourth-order valence-electron chi connectivity index (χ4n) is 3.11. The number of halogens is 1. The lowest BCUT2D eigenvalue weighted by atomic mass is 10.1. The van der Waals surface area contributed by atoms with E-state index in [1.807, 2.05) is 0 Å². The van der Waals surface area contributed by atoms with E-state index in [9.17, 15) is 18.8 Å². The van der Waals surface area contributed by atoms with E-state index in [1.165, 1.54) is 24.3 Å². The second-order valence-corrected chi connectivity index (χ2v) is 6.42. The molecule has 3 amide bonds. The van der Waals surface area contributed by atoms with Crippen LogP contribution in [0.4, 0.5) is 15.8 Å². The van der Waals surface area contributed by atoms with Crippen LogP contribution in [0, 0.1) is 5.82 Å². The van der Waals surface area contributed by atoms with Crippen molar-refractivity contribution in [3.8, 4) is 0 Å². The van der Waals surface area contributed by atoms with Gasteiger partial charge in [0.2, 0.25) is 5.91 Å². The van der Waals surface area contributed by atoms with Crippen molar-refractivity contribution in [2.24, 2.45) is 0 Å². The van der Waals surface area contributed by atoms with Gasteiger partial charge in [-0.05, 0) is 54.1 Å². The Hall–Kier alpha value is -4.06. The molecule has 6 heteroatoms. The molecule has 0 bridgehead atoms. The lowest BCUT2D eigenvalue weighted by Crippen LogP contribution is -2.29. The van der Waals surface area contributed by atoms with Gasteiger partial charge in [0.05, 0.1) is 16.8 Å². The zero-order chi connectivity index (χ0) is 20.4. The molecule has 0 unspecified atom stereocenters. The van der Waals surface area contributed by atoms with Crippen molar-refractivity contribution in [3.05, 3.63) is 101 Å². The van der Waals surface area contributed by atoms with Crippen LogP contribution in [0.5, 0.6) is 0 Å². The third kappa shape index (κ3) is 3.68. The van der Waals surface area contributed by atoms with E-state index in [1.54, 1.807) is 60.7 Å². The van der Waals surface area contributed by atoms with Gasteiger partial charge < -0.3 is 5.32 Å². The Morgan fingerprint density at radius 2 is 1.55 bits per heavy atom. The molecule has 0 saturated carbocycles. The van der Waals surface area contributed by atoms with Crippen molar-refractivity contribution in [1.82, 2.24) is 0 Å². The highest BCUT2D eigenvalue weighted by molar-refractivity contribution is 6.34. The van der Waals surface area contributed by atoms with E-state index in [-0.39, 0.29) is 5.82 Å². The molecule has 142 valence electrons. The van der Waals surface area contributed by atoms with E-state index in [2.05, 4.69) is 5.32 Å². The molecule has 1 heterocycles. The Labute approximate surface area is 166 Å². The molecule has 29 heavy (non-hydrogen) atoms. The summed E-state index contributed by atoms with van der Waals surface area (Å²) in [4.78, 5) is 38.5. The maximum atomic E-state index is 13.2. The molecule has 0 radical (unpaired) electrons. The molecule has 1 aliphatic heterocycles. The summed E-state index contributed by atoms with van der Waals surface area (Å²) in [5.74, 6) is -1.62. The Bertz CT molecular complexity index is 1140. The number of nitrogens with one attached hydrogen (secondary N) is 1. The number of rotatable bonds is 4. The highest BCUT2D eigenvalue weighted by Crippen LogP contribution is 2.29. The molecular weight excluding hydrogens is 371 g/mol. The van der Waals surface area contributed by atoms with E-state index in [0.29, 0.717) is 28.1 Å². The molecule has 0 atom stereocenters. The van der Waals surface area contributed by atoms with Gasteiger partial charge in [-0.2, -0.15) is 0 Å². The minimum atomic E-state index is -0.422. The van der Waals surface area contributed by atoms with Gasteiger partial charge >= 0.3 is 0 Å². The van der Waals surface area contributed by atoms with Crippen LogP contribution < -0.4 is 10.2 Å². The molecule has 0 aromatic heterocycles. The standard InChI is InChI=1S/C23H15FN2O3/c24-16-6-3-5-15(13-16)11-12-21(27)25-17-7-4-8-18(14-17)26-22(28)19-9-1-2-10-20(19)23(26)29/h1-14H,(H,25,27)/b12-11+. The van der Waals surface area contributed by atoms with Crippen molar-refractivity contribution in [2.45, 2.75) is 0 Å². The summed E-state index contributed by atoms with van der Waals surface area (Å²) in [6, 6.07) is 19.0. The number of anilines is 2. The number of nitrogens with zero attached hydrogens (tertiary/aromatic N) is 1. The predicted molar refractivity (Wildman–Crippen MR) is 108 cm³/mol. The van der Waals surface area contributed by atoms with Gasteiger partial charge in [-0.25, -0.2) is 9.29 Å². The number of hydrogen-bond donors (Lipinski definition) is 1. The summed E-state index contributed by atoms with van der Waals surface area (Å²) in [6.07, 6.45) is 2.77. The molecule has 0 saturated heterocycles. The van der Waals surface area contributed by atoms with Gasteiger partial charge in [0.15, 0.2) is 0 Å². The third-order valence-corrected chi connectivity index (χ3v) is 4.44. The van der Waals surface area contributed by atoms with Gasteiger partial charge in [0.25, 0.3) is 11.8 Å². The molecule has 0 spiro atoms. The fraction of sp³-hybridized carbons (Fsp3) is 0. The zero-order valence-corrected chi connectivity index (χ0v) is 15.1. The number of carbonyl (C=O) groups is 3. The van der Waals surface area contributed by atoms with Crippen LogP contribution >= 0.6 is 0 Å². The number of fused-ring (bicyclic) bond motifs is 1. The molecule has 4 rings (SSSR count). The Kier molecular flexibility index (Phi) is 4.75. The Balaban J connectivity index is 1.52. The maximum Gasteiger partial charge on any atom is 0.266 e. The van der Waals surface area contributed by atoms with Crippen molar-refractivity contribution in [2.75, 3.05) is 10.2 Å². The van der Waals surface area contributed by atoms with Crippen molar-refractivity contribution >= 4 is 35.2 Å². The lowest BCUT2D eigenvalue weighted by molar-refractivity contribution is -0.111. The minimum absolute atomic E-state index is 0.352.